The molecule has 20 heavy (non-hydrogen) atoms. The third kappa shape index (κ3) is 3.07. The minimum atomic E-state index is -0.916. The molecule has 1 aliphatic rings. The van der Waals surface area contributed by atoms with E-state index < -0.39 is 17.8 Å². The number of aromatic amines is 1. The zero-order chi connectivity index (χ0) is 14.5. The van der Waals surface area contributed by atoms with Gasteiger partial charge in [-0.2, -0.15) is 0 Å². The molecule has 3 N–H and O–H groups in total. The van der Waals surface area contributed by atoms with E-state index >= 15 is 0 Å². The number of rotatable bonds is 5. The van der Waals surface area contributed by atoms with Crippen molar-refractivity contribution in [3.05, 3.63) is 30.4 Å². The van der Waals surface area contributed by atoms with E-state index in [9.17, 15) is 14.7 Å². The molecule has 1 aromatic rings. The van der Waals surface area contributed by atoms with E-state index in [2.05, 4.69) is 15.3 Å². The Balaban J connectivity index is 2.06. The van der Waals surface area contributed by atoms with E-state index in [0.29, 0.717) is 25.1 Å². The number of carbonyl (C=O) groups excluding carboxylic acids is 1. The maximum atomic E-state index is 12.3. The van der Waals surface area contributed by atoms with Gasteiger partial charge in [-0.1, -0.05) is 19.1 Å². The fraction of sp³-hybridized carbons (Fsp3) is 0.500. The third-order valence-corrected chi connectivity index (χ3v) is 3.66. The van der Waals surface area contributed by atoms with Crippen LogP contribution in [0.15, 0.2) is 24.5 Å². The molecule has 0 saturated heterocycles. The molecular weight excluding hydrogens is 258 g/mol. The van der Waals surface area contributed by atoms with E-state index in [4.69, 9.17) is 0 Å². The van der Waals surface area contributed by atoms with Crippen molar-refractivity contribution in [2.75, 3.05) is 0 Å². The van der Waals surface area contributed by atoms with E-state index in [1.165, 1.54) is 0 Å². The first-order chi connectivity index (χ1) is 9.63. The zero-order valence-electron chi connectivity index (χ0n) is 11.4. The second-order valence-electron chi connectivity index (χ2n) is 4.94. The van der Waals surface area contributed by atoms with E-state index in [0.717, 1.165) is 0 Å². The molecule has 0 radical (unpaired) electrons. The predicted molar refractivity (Wildman–Crippen MR) is 72.8 cm³/mol. The molecule has 1 unspecified atom stereocenters. The average molecular weight is 277 g/mol. The Hall–Kier alpha value is -2.11. The first kappa shape index (κ1) is 14.3. The van der Waals surface area contributed by atoms with E-state index in [1.807, 2.05) is 19.1 Å². The molecule has 1 heterocycles. The molecule has 0 fully saturated rings. The summed E-state index contributed by atoms with van der Waals surface area (Å²) in [4.78, 5) is 30.7. The molecule has 6 heteroatoms. The quantitative estimate of drug-likeness (QED) is 0.713. The molecule has 6 nitrogen and oxygen atoms in total. The maximum Gasteiger partial charge on any atom is 0.307 e. The highest BCUT2D eigenvalue weighted by Gasteiger charge is 2.34. The van der Waals surface area contributed by atoms with E-state index in [1.54, 1.807) is 12.4 Å². The third-order valence-electron chi connectivity index (χ3n) is 3.66. The fourth-order valence-corrected chi connectivity index (χ4v) is 2.49. The molecule has 1 aromatic heterocycles. The Morgan fingerprint density at radius 1 is 1.45 bits per heavy atom. The van der Waals surface area contributed by atoms with Crippen LogP contribution in [-0.2, 0) is 9.59 Å². The summed E-state index contributed by atoms with van der Waals surface area (Å²) >= 11 is 0. The summed E-state index contributed by atoms with van der Waals surface area (Å²) in [7, 11) is 0. The summed E-state index contributed by atoms with van der Waals surface area (Å²) in [5, 5.41) is 12.1. The molecule has 2 rings (SSSR count). The summed E-state index contributed by atoms with van der Waals surface area (Å²) in [6.07, 6.45) is 8.60. The second kappa shape index (κ2) is 6.36. The normalized spacial score (nSPS) is 23.2. The number of allylic oxidation sites excluding steroid dienone is 2. The number of hydrogen-bond acceptors (Lipinski definition) is 3. The molecule has 0 bridgehead atoms. The number of carboxylic acids is 1. The number of carbonyl (C=O) groups is 2. The lowest BCUT2D eigenvalue weighted by Gasteiger charge is -2.26. The first-order valence-corrected chi connectivity index (χ1v) is 6.81. The lowest BCUT2D eigenvalue weighted by atomic mass is 9.82. The minimum Gasteiger partial charge on any atom is -0.481 e. The topological polar surface area (TPSA) is 95.1 Å². The molecule has 0 aliphatic heterocycles. The molecule has 0 spiro atoms. The van der Waals surface area contributed by atoms with Crippen LogP contribution in [0, 0.1) is 11.8 Å². The molecule has 1 amide bonds. The van der Waals surface area contributed by atoms with Crippen molar-refractivity contribution < 1.29 is 14.7 Å². The predicted octanol–water partition coefficient (Wildman–Crippen LogP) is 1.64. The standard InChI is InChI=1S/C14H19N3O3/c1-2-11(12-15-7-8-16-12)17-13(18)9-5-3-4-6-10(9)14(19)20/h3-4,7-11H,2,5-6H2,1H3,(H,15,16)(H,17,18)(H,19,20)/t9-,10+,11?/m1/s1. The highest BCUT2D eigenvalue weighted by Crippen LogP contribution is 2.27. The monoisotopic (exact) mass is 277 g/mol. The van der Waals surface area contributed by atoms with Crippen LogP contribution in [0.2, 0.25) is 0 Å². The lowest BCUT2D eigenvalue weighted by molar-refractivity contribution is -0.147. The number of H-pyrrole nitrogens is 1. The van der Waals surface area contributed by atoms with Crippen molar-refractivity contribution in [1.82, 2.24) is 15.3 Å². The van der Waals surface area contributed by atoms with Crippen LogP contribution < -0.4 is 5.32 Å². The van der Waals surface area contributed by atoms with Crippen molar-refractivity contribution >= 4 is 11.9 Å². The number of nitrogens with one attached hydrogen (secondary N) is 2. The smallest absolute Gasteiger partial charge is 0.307 e. The Kier molecular flexibility index (Phi) is 4.55. The van der Waals surface area contributed by atoms with Crippen LogP contribution in [0.25, 0.3) is 0 Å². The van der Waals surface area contributed by atoms with Gasteiger partial charge in [-0.25, -0.2) is 4.98 Å². The fourth-order valence-electron chi connectivity index (χ4n) is 2.49. The van der Waals surface area contributed by atoms with Gasteiger partial charge < -0.3 is 15.4 Å². The molecular formula is C14H19N3O3. The maximum absolute atomic E-state index is 12.3. The largest absolute Gasteiger partial charge is 0.481 e. The molecule has 0 saturated carbocycles. The van der Waals surface area contributed by atoms with Gasteiger partial charge in [0.15, 0.2) is 0 Å². The van der Waals surface area contributed by atoms with Crippen molar-refractivity contribution in [3.8, 4) is 0 Å². The van der Waals surface area contributed by atoms with Crippen molar-refractivity contribution in [2.45, 2.75) is 32.2 Å². The lowest BCUT2D eigenvalue weighted by Crippen LogP contribution is -2.40. The summed E-state index contributed by atoms with van der Waals surface area (Å²) in [6.45, 7) is 1.95. The number of imidazole rings is 1. The molecule has 0 aromatic carbocycles. The second-order valence-corrected chi connectivity index (χ2v) is 4.94. The highest BCUT2D eigenvalue weighted by molar-refractivity contribution is 5.85. The first-order valence-electron chi connectivity index (χ1n) is 6.81. The number of hydrogen-bond donors (Lipinski definition) is 3. The summed E-state index contributed by atoms with van der Waals surface area (Å²) < 4.78 is 0. The Labute approximate surface area is 117 Å². The van der Waals surface area contributed by atoms with Crippen LogP contribution in [0.1, 0.15) is 38.1 Å². The summed E-state index contributed by atoms with van der Waals surface area (Å²) in [6, 6.07) is -0.210. The number of carboxylic acid groups (broad SMARTS) is 1. The zero-order valence-corrected chi connectivity index (χ0v) is 11.4. The Morgan fingerprint density at radius 3 is 2.70 bits per heavy atom. The molecule has 1 aliphatic carbocycles. The molecule has 108 valence electrons. The highest BCUT2D eigenvalue weighted by atomic mass is 16.4. The number of aliphatic carboxylic acids is 1. The minimum absolute atomic E-state index is 0.210. The van der Waals surface area contributed by atoms with Gasteiger partial charge >= 0.3 is 5.97 Å². The average Bonchev–Trinajstić information content (AvgIpc) is 2.98. The number of aromatic nitrogens is 2. The van der Waals surface area contributed by atoms with Gasteiger partial charge in [0.05, 0.1) is 17.9 Å². The van der Waals surface area contributed by atoms with Crippen LogP contribution >= 0.6 is 0 Å². The summed E-state index contributed by atoms with van der Waals surface area (Å²) in [5.41, 5.74) is 0. The van der Waals surface area contributed by atoms with Gasteiger partial charge in [0.25, 0.3) is 0 Å². The van der Waals surface area contributed by atoms with Crippen LogP contribution in [-0.4, -0.2) is 27.0 Å². The van der Waals surface area contributed by atoms with Gasteiger partial charge in [-0.05, 0) is 19.3 Å². The molecule has 3 atom stereocenters. The van der Waals surface area contributed by atoms with Crippen molar-refractivity contribution in [3.63, 3.8) is 0 Å². The number of amides is 1. The Bertz CT molecular complexity index is 496. The van der Waals surface area contributed by atoms with E-state index in [-0.39, 0.29) is 11.9 Å². The van der Waals surface area contributed by atoms with Crippen molar-refractivity contribution in [2.24, 2.45) is 11.8 Å². The Morgan fingerprint density at radius 2 is 2.15 bits per heavy atom. The van der Waals surface area contributed by atoms with Crippen LogP contribution in [0.3, 0.4) is 0 Å². The van der Waals surface area contributed by atoms with Gasteiger partial charge in [0, 0.05) is 12.4 Å². The number of nitrogens with zero attached hydrogens (tertiary/aromatic N) is 1. The van der Waals surface area contributed by atoms with Gasteiger partial charge in [0.1, 0.15) is 5.82 Å². The van der Waals surface area contributed by atoms with Crippen molar-refractivity contribution in [1.29, 1.82) is 0 Å². The SMILES string of the molecule is CCC(NC(=O)[C@@H]1CC=CC[C@@H]1C(=O)O)c1ncc[nH]1. The van der Waals surface area contributed by atoms with Gasteiger partial charge in [0.2, 0.25) is 5.91 Å². The van der Waals surface area contributed by atoms with Crippen LogP contribution in [0.5, 0.6) is 0 Å². The van der Waals surface area contributed by atoms with Crippen LogP contribution in [0.4, 0.5) is 0 Å². The summed E-state index contributed by atoms with van der Waals surface area (Å²) in [5.74, 6) is -1.60. The van der Waals surface area contributed by atoms with Gasteiger partial charge in [-0.15, -0.1) is 0 Å². The van der Waals surface area contributed by atoms with Gasteiger partial charge in [-0.3, -0.25) is 9.59 Å².